The van der Waals surface area contributed by atoms with Crippen LogP contribution in [0.2, 0.25) is 5.02 Å². The highest BCUT2D eigenvalue weighted by atomic mass is 35.5. The highest BCUT2D eigenvalue weighted by Crippen LogP contribution is 2.34. The van der Waals surface area contributed by atoms with Gasteiger partial charge in [-0.1, -0.05) is 11.6 Å². The molecule has 0 saturated carbocycles. The highest BCUT2D eigenvalue weighted by molar-refractivity contribution is 7.99. The lowest BCUT2D eigenvalue weighted by Gasteiger charge is -2.06. The van der Waals surface area contributed by atoms with Crippen molar-refractivity contribution in [3.05, 3.63) is 22.7 Å². The third-order valence-corrected chi connectivity index (χ3v) is 4.15. The van der Waals surface area contributed by atoms with E-state index in [2.05, 4.69) is 17.4 Å². The van der Waals surface area contributed by atoms with Gasteiger partial charge in [0.05, 0.1) is 24.1 Å². The third kappa shape index (κ3) is 3.84. The Labute approximate surface area is 115 Å². The van der Waals surface area contributed by atoms with E-state index in [4.69, 9.17) is 16.9 Å². The van der Waals surface area contributed by atoms with Gasteiger partial charge >= 0.3 is 5.97 Å². The summed E-state index contributed by atoms with van der Waals surface area (Å²) in [6.45, 7) is 0. The molecule has 17 heavy (non-hydrogen) atoms. The van der Waals surface area contributed by atoms with E-state index in [1.54, 1.807) is 12.1 Å². The predicted octanol–water partition coefficient (Wildman–Crippen LogP) is 3.16. The number of carbonyl (C=O) groups is 1. The Hall–Kier alpha value is -0.830. The molecule has 3 nitrogen and oxygen atoms in total. The van der Waals surface area contributed by atoms with Gasteiger partial charge in [-0.15, -0.1) is 24.4 Å². The van der Waals surface area contributed by atoms with Crippen LogP contribution in [-0.2, 0) is 9.53 Å². The standard InChI is InChI=1S/C11H10ClNO2S2/c1-15-9(14)4-5-17-8-3-2-7(6-13)11(16)10(8)12/h2-3,16H,4-5H2,1H3. The van der Waals surface area contributed by atoms with E-state index in [-0.39, 0.29) is 5.97 Å². The molecule has 0 bridgehead atoms. The summed E-state index contributed by atoms with van der Waals surface area (Å²) in [5.41, 5.74) is 0.440. The molecule has 6 heteroatoms. The minimum absolute atomic E-state index is 0.256. The number of nitriles is 1. The van der Waals surface area contributed by atoms with Crippen LogP contribution >= 0.6 is 36.0 Å². The molecule has 0 saturated heterocycles. The topological polar surface area (TPSA) is 50.1 Å². The van der Waals surface area contributed by atoms with Gasteiger partial charge in [-0.05, 0) is 12.1 Å². The second-order valence-electron chi connectivity index (χ2n) is 3.06. The largest absolute Gasteiger partial charge is 0.469 e. The summed E-state index contributed by atoms with van der Waals surface area (Å²) >= 11 is 11.7. The average molecular weight is 288 g/mol. The van der Waals surface area contributed by atoms with Crippen molar-refractivity contribution in [3.63, 3.8) is 0 Å². The summed E-state index contributed by atoms with van der Waals surface area (Å²) in [5.74, 6) is 0.319. The van der Waals surface area contributed by atoms with Crippen molar-refractivity contribution in [2.75, 3.05) is 12.9 Å². The fourth-order valence-electron chi connectivity index (χ4n) is 1.09. The summed E-state index contributed by atoms with van der Waals surface area (Å²) in [7, 11) is 1.35. The number of halogens is 1. The normalized spacial score (nSPS) is 9.76. The first-order chi connectivity index (χ1) is 8.10. The molecular formula is C11H10ClNO2S2. The van der Waals surface area contributed by atoms with Crippen molar-refractivity contribution >= 4 is 42.0 Å². The number of hydrogen-bond acceptors (Lipinski definition) is 5. The van der Waals surface area contributed by atoms with E-state index in [1.165, 1.54) is 18.9 Å². The zero-order chi connectivity index (χ0) is 12.8. The Morgan fingerprint density at radius 1 is 1.65 bits per heavy atom. The van der Waals surface area contributed by atoms with E-state index >= 15 is 0 Å². The number of thioether (sulfide) groups is 1. The Bertz CT molecular complexity index is 471. The van der Waals surface area contributed by atoms with Gasteiger partial charge in [-0.2, -0.15) is 5.26 Å². The van der Waals surface area contributed by atoms with Gasteiger partial charge in [0.1, 0.15) is 6.07 Å². The molecule has 0 aliphatic heterocycles. The van der Waals surface area contributed by atoms with Crippen molar-refractivity contribution in [1.29, 1.82) is 5.26 Å². The maximum Gasteiger partial charge on any atom is 0.306 e. The van der Waals surface area contributed by atoms with E-state index in [9.17, 15) is 4.79 Å². The highest BCUT2D eigenvalue weighted by Gasteiger charge is 2.10. The van der Waals surface area contributed by atoms with Crippen molar-refractivity contribution in [1.82, 2.24) is 0 Å². The van der Waals surface area contributed by atoms with Crippen molar-refractivity contribution < 1.29 is 9.53 Å². The van der Waals surface area contributed by atoms with Crippen molar-refractivity contribution in [2.45, 2.75) is 16.2 Å². The molecule has 1 aromatic carbocycles. The molecule has 0 spiro atoms. The van der Waals surface area contributed by atoms with Crippen LogP contribution in [-0.4, -0.2) is 18.8 Å². The molecule has 0 aromatic heterocycles. The number of benzene rings is 1. The monoisotopic (exact) mass is 287 g/mol. The Morgan fingerprint density at radius 3 is 2.94 bits per heavy atom. The molecule has 0 N–H and O–H groups in total. The van der Waals surface area contributed by atoms with E-state index in [1.807, 2.05) is 6.07 Å². The Balaban J connectivity index is 2.71. The van der Waals surface area contributed by atoms with Crippen LogP contribution in [0.1, 0.15) is 12.0 Å². The smallest absolute Gasteiger partial charge is 0.306 e. The van der Waals surface area contributed by atoms with Crippen LogP contribution < -0.4 is 0 Å². The SMILES string of the molecule is COC(=O)CCSc1ccc(C#N)c(S)c1Cl. The zero-order valence-electron chi connectivity index (χ0n) is 9.07. The summed E-state index contributed by atoms with van der Waals surface area (Å²) in [5, 5.41) is 9.24. The van der Waals surface area contributed by atoms with Crippen LogP contribution in [0.4, 0.5) is 0 Å². The van der Waals surface area contributed by atoms with Crippen LogP contribution in [0, 0.1) is 11.3 Å². The second kappa shape index (κ2) is 6.80. The summed E-state index contributed by atoms with van der Waals surface area (Å²) in [4.78, 5) is 12.2. The molecule has 1 aromatic rings. The number of thiol groups is 1. The third-order valence-electron chi connectivity index (χ3n) is 1.99. The Kier molecular flexibility index (Phi) is 5.69. The van der Waals surface area contributed by atoms with Crippen molar-refractivity contribution in [2.24, 2.45) is 0 Å². The number of ether oxygens (including phenoxy) is 1. The van der Waals surface area contributed by atoms with Gasteiger partial charge in [0.2, 0.25) is 0 Å². The minimum atomic E-state index is -0.256. The molecule has 90 valence electrons. The lowest BCUT2D eigenvalue weighted by molar-refractivity contribution is -0.140. The molecule has 0 amide bonds. The number of carbonyl (C=O) groups excluding carboxylic acids is 1. The zero-order valence-corrected chi connectivity index (χ0v) is 11.5. The first-order valence-corrected chi connectivity index (χ1v) is 6.52. The lowest BCUT2D eigenvalue weighted by Crippen LogP contribution is -2.01. The van der Waals surface area contributed by atoms with Gasteiger partial charge in [0, 0.05) is 15.5 Å². The van der Waals surface area contributed by atoms with Crippen molar-refractivity contribution in [3.8, 4) is 6.07 Å². The van der Waals surface area contributed by atoms with Gasteiger partial charge in [-0.25, -0.2) is 0 Å². The molecule has 1 rings (SSSR count). The number of hydrogen-bond donors (Lipinski definition) is 1. The molecule has 0 radical (unpaired) electrons. The number of esters is 1. The minimum Gasteiger partial charge on any atom is -0.469 e. The number of methoxy groups -OCH3 is 1. The molecule has 0 unspecified atom stereocenters. The fourth-order valence-corrected chi connectivity index (χ4v) is 2.62. The van der Waals surface area contributed by atoms with E-state index in [0.717, 1.165) is 4.90 Å². The average Bonchev–Trinajstić information content (AvgIpc) is 2.34. The number of nitrogens with zero attached hydrogens (tertiary/aromatic N) is 1. The molecule has 0 aliphatic rings. The summed E-state index contributed by atoms with van der Waals surface area (Å²) in [6, 6.07) is 5.42. The van der Waals surface area contributed by atoms with Gasteiger partial charge in [-0.3, -0.25) is 4.79 Å². The van der Waals surface area contributed by atoms with Crippen LogP contribution in [0.15, 0.2) is 21.9 Å². The molecular weight excluding hydrogens is 278 g/mol. The quantitative estimate of drug-likeness (QED) is 0.525. The molecule has 0 heterocycles. The summed E-state index contributed by atoms with van der Waals surface area (Å²) in [6.07, 6.45) is 0.319. The molecule has 0 aliphatic carbocycles. The number of rotatable bonds is 4. The van der Waals surface area contributed by atoms with E-state index in [0.29, 0.717) is 27.7 Å². The van der Waals surface area contributed by atoms with Gasteiger partial charge < -0.3 is 4.74 Å². The van der Waals surface area contributed by atoms with Crippen LogP contribution in [0.3, 0.4) is 0 Å². The molecule has 0 atom stereocenters. The van der Waals surface area contributed by atoms with Gasteiger partial charge in [0.15, 0.2) is 0 Å². The van der Waals surface area contributed by atoms with E-state index < -0.39 is 0 Å². The first-order valence-electron chi connectivity index (χ1n) is 4.71. The van der Waals surface area contributed by atoms with Gasteiger partial charge in [0.25, 0.3) is 0 Å². The molecule has 0 fully saturated rings. The fraction of sp³-hybridized carbons (Fsp3) is 0.273. The second-order valence-corrected chi connectivity index (χ2v) is 5.02. The maximum atomic E-state index is 10.9. The maximum absolute atomic E-state index is 10.9. The Morgan fingerprint density at radius 2 is 2.35 bits per heavy atom. The first kappa shape index (κ1) is 14.2. The summed E-state index contributed by atoms with van der Waals surface area (Å²) < 4.78 is 4.54. The predicted molar refractivity (Wildman–Crippen MR) is 70.8 cm³/mol. The lowest BCUT2D eigenvalue weighted by atomic mass is 10.2. The van der Waals surface area contributed by atoms with Crippen LogP contribution in [0.5, 0.6) is 0 Å². The van der Waals surface area contributed by atoms with Crippen LogP contribution in [0.25, 0.3) is 0 Å².